The van der Waals surface area contributed by atoms with Gasteiger partial charge in [-0.2, -0.15) is 0 Å². The Morgan fingerprint density at radius 1 is 1.11 bits per heavy atom. The van der Waals surface area contributed by atoms with E-state index in [4.69, 9.17) is 0 Å². The third-order valence-corrected chi connectivity index (χ3v) is 3.25. The van der Waals surface area contributed by atoms with Crippen LogP contribution in [0.1, 0.15) is 22.4 Å². The number of nitrogens with zero attached hydrogens (tertiary/aromatic N) is 1. The minimum absolute atomic E-state index is 0.102. The highest BCUT2D eigenvalue weighted by atomic mass is 16.1. The van der Waals surface area contributed by atoms with Gasteiger partial charge < -0.3 is 5.32 Å². The van der Waals surface area contributed by atoms with Crippen LogP contribution in [0.2, 0.25) is 0 Å². The fourth-order valence-corrected chi connectivity index (χ4v) is 1.72. The standard InChI is InChI=1S/C14H17N3O/c1-8-6-5-7-12(9(8)2)16-14-15-11(4)10(3)13(18)17-14/h5-7H,1-4H3,(H2,15,16,17,18). The predicted octanol–water partition coefficient (Wildman–Crippen LogP) is 2.75. The number of H-pyrrole nitrogens is 1. The van der Waals surface area contributed by atoms with E-state index in [1.807, 2.05) is 26.0 Å². The smallest absolute Gasteiger partial charge is 0.255 e. The molecule has 4 heteroatoms. The molecule has 0 fully saturated rings. The predicted molar refractivity (Wildman–Crippen MR) is 73.5 cm³/mol. The van der Waals surface area contributed by atoms with Crippen LogP contribution in [0.3, 0.4) is 0 Å². The van der Waals surface area contributed by atoms with Gasteiger partial charge in [0.15, 0.2) is 0 Å². The van der Waals surface area contributed by atoms with E-state index in [-0.39, 0.29) is 5.56 Å². The summed E-state index contributed by atoms with van der Waals surface area (Å²) >= 11 is 0. The van der Waals surface area contributed by atoms with E-state index in [0.717, 1.165) is 16.9 Å². The van der Waals surface area contributed by atoms with Crippen molar-refractivity contribution in [3.63, 3.8) is 0 Å². The lowest BCUT2D eigenvalue weighted by atomic mass is 10.1. The number of benzene rings is 1. The van der Waals surface area contributed by atoms with Gasteiger partial charge in [-0.15, -0.1) is 0 Å². The van der Waals surface area contributed by atoms with Gasteiger partial charge in [0.2, 0.25) is 5.95 Å². The second-order valence-electron chi connectivity index (χ2n) is 4.50. The molecule has 2 aromatic rings. The van der Waals surface area contributed by atoms with Crippen LogP contribution in [0.4, 0.5) is 11.6 Å². The van der Waals surface area contributed by atoms with E-state index in [0.29, 0.717) is 11.5 Å². The van der Waals surface area contributed by atoms with E-state index in [9.17, 15) is 4.79 Å². The number of aromatic nitrogens is 2. The summed E-state index contributed by atoms with van der Waals surface area (Å²) in [5.74, 6) is 0.483. The van der Waals surface area contributed by atoms with Gasteiger partial charge in [0.25, 0.3) is 5.56 Å². The molecule has 0 radical (unpaired) electrons. The number of hydrogen-bond acceptors (Lipinski definition) is 3. The maximum atomic E-state index is 11.7. The summed E-state index contributed by atoms with van der Waals surface area (Å²) in [4.78, 5) is 18.7. The molecule has 0 amide bonds. The summed E-state index contributed by atoms with van der Waals surface area (Å²) in [7, 11) is 0. The monoisotopic (exact) mass is 243 g/mol. The van der Waals surface area contributed by atoms with Crippen LogP contribution in [0.5, 0.6) is 0 Å². The fourth-order valence-electron chi connectivity index (χ4n) is 1.72. The summed E-state index contributed by atoms with van der Waals surface area (Å²) in [6.45, 7) is 7.69. The van der Waals surface area contributed by atoms with Crippen molar-refractivity contribution in [3.8, 4) is 0 Å². The van der Waals surface area contributed by atoms with Crippen molar-refractivity contribution in [2.75, 3.05) is 5.32 Å². The molecule has 18 heavy (non-hydrogen) atoms. The molecule has 0 atom stereocenters. The fraction of sp³-hybridized carbons (Fsp3) is 0.286. The van der Waals surface area contributed by atoms with Crippen LogP contribution in [-0.2, 0) is 0 Å². The quantitative estimate of drug-likeness (QED) is 0.852. The number of nitrogens with one attached hydrogen (secondary N) is 2. The number of aryl methyl sites for hydroxylation is 2. The molecule has 2 N–H and O–H groups in total. The lowest BCUT2D eigenvalue weighted by Crippen LogP contribution is -2.15. The lowest BCUT2D eigenvalue weighted by molar-refractivity contribution is 1.03. The van der Waals surface area contributed by atoms with Crippen molar-refractivity contribution < 1.29 is 0 Å². The van der Waals surface area contributed by atoms with Crippen LogP contribution >= 0.6 is 0 Å². The van der Waals surface area contributed by atoms with Gasteiger partial charge in [-0.1, -0.05) is 12.1 Å². The zero-order chi connectivity index (χ0) is 13.3. The SMILES string of the molecule is Cc1cccc(Nc2nc(C)c(C)c(=O)[nH]2)c1C. The third kappa shape index (κ3) is 2.27. The lowest BCUT2D eigenvalue weighted by Gasteiger charge is -2.11. The van der Waals surface area contributed by atoms with Crippen molar-refractivity contribution in [2.24, 2.45) is 0 Å². The molecule has 0 bridgehead atoms. The molecule has 0 aliphatic carbocycles. The summed E-state index contributed by atoms with van der Waals surface area (Å²) < 4.78 is 0. The maximum Gasteiger partial charge on any atom is 0.255 e. The van der Waals surface area contributed by atoms with Gasteiger partial charge >= 0.3 is 0 Å². The summed E-state index contributed by atoms with van der Waals surface area (Å²) in [5.41, 5.74) is 4.61. The summed E-state index contributed by atoms with van der Waals surface area (Å²) in [6.07, 6.45) is 0. The Morgan fingerprint density at radius 3 is 2.50 bits per heavy atom. The molecule has 4 nitrogen and oxygen atoms in total. The molecule has 0 spiro atoms. The molecule has 0 saturated carbocycles. The molecule has 1 heterocycles. The highest BCUT2D eigenvalue weighted by molar-refractivity contribution is 5.60. The van der Waals surface area contributed by atoms with Crippen LogP contribution in [0, 0.1) is 27.7 Å². The average Bonchev–Trinajstić information content (AvgIpc) is 2.32. The number of hydrogen-bond donors (Lipinski definition) is 2. The van der Waals surface area contributed by atoms with E-state index < -0.39 is 0 Å². The highest BCUT2D eigenvalue weighted by Crippen LogP contribution is 2.20. The largest absolute Gasteiger partial charge is 0.325 e. The third-order valence-electron chi connectivity index (χ3n) is 3.25. The molecule has 0 unspecified atom stereocenters. The topological polar surface area (TPSA) is 57.8 Å². The number of rotatable bonds is 2. The first-order valence-corrected chi connectivity index (χ1v) is 5.90. The van der Waals surface area contributed by atoms with E-state index in [2.05, 4.69) is 28.3 Å². The Bertz CT molecular complexity index is 644. The zero-order valence-electron chi connectivity index (χ0n) is 11.1. The van der Waals surface area contributed by atoms with Crippen molar-refractivity contribution in [3.05, 3.63) is 50.9 Å². The Labute approximate surface area is 106 Å². The van der Waals surface area contributed by atoms with Crippen LogP contribution in [0.25, 0.3) is 0 Å². The Kier molecular flexibility index (Phi) is 3.19. The van der Waals surface area contributed by atoms with Crippen molar-refractivity contribution >= 4 is 11.6 Å². The molecule has 0 aliphatic rings. The minimum atomic E-state index is -0.102. The van der Waals surface area contributed by atoms with Gasteiger partial charge in [0.05, 0.1) is 0 Å². The summed E-state index contributed by atoms with van der Waals surface area (Å²) in [5, 5.41) is 3.16. The van der Waals surface area contributed by atoms with E-state index in [1.165, 1.54) is 5.56 Å². The Morgan fingerprint density at radius 2 is 1.83 bits per heavy atom. The summed E-state index contributed by atoms with van der Waals surface area (Å²) in [6, 6.07) is 6.00. The van der Waals surface area contributed by atoms with Crippen LogP contribution in [-0.4, -0.2) is 9.97 Å². The van der Waals surface area contributed by atoms with Gasteiger partial charge in [-0.05, 0) is 44.9 Å². The number of anilines is 2. The molecule has 94 valence electrons. The van der Waals surface area contributed by atoms with Crippen LogP contribution in [0.15, 0.2) is 23.0 Å². The Balaban J connectivity index is 2.41. The van der Waals surface area contributed by atoms with E-state index in [1.54, 1.807) is 6.92 Å². The molecule has 1 aromatic heterocycles. The van der Waals surface area contributed by atoms with E-state index >= 15 is 0 Å². The van der Waals surface area contributed by atoms with Gasteiger partial charge in [-0.25, -0.2) is 4.98 Å². The van der Waals surface area contributed by atoms with Gasteiger partial charge in [-0.3, -0.25) is 9.78 Å². The maximum absolute atomic E-state index is 11.7. The molecular weight excluding hydrogens is 226 g/mol. The Hall–Kier alpha value is -2.10. The first kappa shape index (κ1) is 12.4. The first-order chi connectivity index (χ1) is 8.49. The average molecular weight is 243 g/mol. The molecule has 2 rings (SSSR count). The molecule has 1 aromatic carbocycles. The van der Waals surface area contributed by atoms with Crippen molar-refractivity contribution in [1.82, 2.24) is 9.97 Å². The van der Waals surface area contributed by atoms with Crippen molar-refractivity contribution in [2.45, 2.75) is 27.7 Å². The second kappa shape index (κ2) is 4.64. The molecule has 0 saturated heterocycles. The number of aromatic amines is 1. The normalized spacial score (nSPS) is 10.4. The minimum Gasteiger partial charge on any atom is -0.325 e. The van der Waals surface area contributed by atoms with Crippen LogP contribution < -0.4 is 10.9 Å². The molecular formula is C14H17N3O. The first-order valence-electron chi connectivity index (χ1n) is 5.90. The highest BCUT2D eigenvalue weighted by Gasteiger charge is 2.05. The second-order valence-corrected chi connectivity index (χ2v) is 4.50. The van der Waals surface area contributed by atoms with Gasteiger partial charge in [0, 0.05) is 16.9 Å². The van der Waals surface area contributed by atoms with Gasteiger partial charge in [0.1, 0.15) is 0 Å². The van der Waals surface area contributed by atoms with Crippen molar-refractivity contribution in [1.29, 1.82) is 0 Å². The molecule has 0 aliphatic heterocycles. The zero-order valence-corrected chi connectivity index (χ0v) is 11.1.